The van der Waals surface area contributed by atoms with Crippen molar-refractivity contribution in [2.45, 2.75) is 11.3 Å². The summed E-state index contributed by atoms with van der Waals surface area (Å²) in [5.74, 6) is 0.0248. The molecule has 0 bridgehead atoms. The Kier molecular flexibility index (Phi) is 4.23. The first-order valence-corrected chi connectivity index (χ1v) is 8.73. The molecule has 0 spiro atoms. The second kappa shape index (κ2) is 6.34. The molecule has 2 aromatic carbocycles. The molecule has 1 heterocycles. The van der Waals surface area contributed by atoms with Crippen LogP contribution in [0.15, 0.2) is 53.4 Å². The van der Waals surface area contributed by atoms with Gasteiger partial charge in [0.25, 0.3) is 15.9 Å². The van der Waals surface area contributed by atoms with E-state index in [0.29, 0.717) is 12.2 Å². The third kappa shape index (κ3) is 2.84. The lowest BCUT2D eigenvalue weighted by Crippen LogP contribution is -2.33. The summed E-state index contributed by atoms with van der Waals surface area (Å²) in [7, 11) is -3.80. The number of hydrogen-bond acceptors (Lipinski definition) is 5. The Labute approximate surface area is 139 Å². The van der Waals surface area contributed by atoms with Gasteiger partial charge in [0, 0.05) is 0 Å². The summed E-state index contributed by atoms with van der Waals surface area (Å²) in [5.41, 5.74) is 1.07. The number of ether oxygens (including phenoxy) is 1. The normalized spacial score (nSPS) is 15.0. The van der Waals surface area contributed by atoms with Crippen molar-refractivity contribution in [3.63, 3.8) is 0 Å². The fraction of sp³-hybridized carbons (Fsp3) is 0.176. The van der Waals surface area contributed by atoms with Crippen molar-refractivity contribution < 1.29 is 17.9 Å². The minimum absolute atomic E-state index is 0.0378. The predicted molar refractivity (Wildman–Crippen MR) is 85.9 cm³/mol. The van der Waals surface area contributed by atoms with E-state index in [0.717, 1.165) is 9.87 Å². The van der Waals surface area contributed by atoms with E-state index in [9.17, 15) is 13.2 Å². The number of nitrogens with zero attached hydrogens (tertiary/aromatic N) is 2. The van der Waals surface area contributed by atoms with Crippen molar-refractivity contribution in [2.75, 3.05) is 13.2 Å². The molecule has 0 saturated heterocycles. The summed E-state index contributed by atoms with van der Waals surface area (Å²) >= 11 is 0. The number of rotatable bonds is 5. The van der Waals surface area contributed by atoms with Crippen LogP contribution in [0.25, 0.3) is 0 Å². The van der Waals surface area contributed by atoms with Gasteiger partial charge in [-0.2, -0.15) is 5.26 Å². The summed E-state index contributed by atoms with van der Waals surface area (Å²) in [6.07, 6.45) is 0.319. The highest BCUT2D eigenvalue weighted by atomic mass is 32.2. The van der Waals surface area contributed by atoms with Crippen molar-refractivity contribution in [2.24, 2.45) is 0 Å². The molecule has 0 saturated carbocycles. The van der Waals surface area contributed by atoms with Gasteiger partial charge in [-0.15, -0.1) is 0 Å². The van der Waals surface area contributed by atoms with Crippen molar-refractivity contribution in [3.8, 4) is 11.8 Å². The first-order valence-electron chi connectivity index (χ1n) is 7.29. The van der Waals surface area contributed by atoms with Gasteiger partial charge in [-0.05, 0) is 29.8 Å². The van der Waals surface area contributed by atoms with Crippen molar-refractivity contribution in [3.05, 3.63) is 59.7 Å². The standard InChI is InChI=1S/C17H14N2O4S/c18-10-9-13-5-7-14(8-6-13)23-12-11-19-17(20)15-3-1-2-4-16(15)24(19,21)22/h1-8H,9,11-12H2. The van der Waals surface area contributed by atoms with Crippen LogP contribution in [0, 0.1) is 11.3 Å². The molecule has 0 radical (unpaired) electrons. The summed E-state index contributed by atoms with van der Waals surface area (Å²) < 4.78 is 31.1. The van der Waals surface area contributed by atoms with Crippen LogP contribution in [-0.2, 0) is 16.4 Å². The number of fused-ring (bicyclic) bond motifs is 1. The summed E-state index contributed by atoms with van der Waals surface area (Å²) in [5, 5.41) is 8.62. The SMILES string of the molecule is N#CCc1ccc(OCCN2C(=O)c3ccccc3S2(=O)=O)cc1. The zero-order valence-corrected chi connectivity index (χ0v) is 13.5. The number of nitriles is 1. The molecule has 1 aliphatic heterocycles. The van der Waals surface area contributed by atoms with Crippen LogP contribution in [0.4, 0.5) is 0 Å². The first-order chi connectivity index (χ1) is 11.5. The van der Waals surface area contributed by atoms with E-state index in [1.165, 1.54) is 12.1 Å². The number of carbonyl (C=O) groups excluding carboxylic acids is 1. The van der Waals surface area contributed by atoms with Gasteiger partial charge in [-0.1, -0.05) is 24.3 Å². The zero-order chi connectivity index (χ0) is 17.2. The average molecular weight is 342 g/mol. The van der Waals surface area contributed by atoms with E-state index in [1.807, 2.05) is 0 Å². The first kappa shape index (κ1) is 16.0. The van der Waals surface area contributed by atoms with Crippen LogP contribution in [0.5, 0.6) is 5.75 Å². The lowest BCUT2D eigenvalue weighted by Gasteiger charge is -2.15. The Morgan fingerprint density at radius 3 is 2.46 bits per heavy atom. The number of benzene rings is 2. The molecule has 1 aliphatic rings. The maximum absolute atomic E-state index is 12.4. The minimum Gasteiger partial charge on any atom is -0.492 e. The molecule has 1 amide bonds. The minimum atomic E-state index is -3.80. The fourth-order valence-corrected chi connectivity index (χ4v) is 4.05. The van der Waals surface area contributed by atoms with Crippen LogP contribution in [-0.4, -0.2) is 31.8 Å². The molecule has 2 aromatic rings. The summed E-state index contributed by atoms with van der Waals surface area (Å²) in [6, 6.07) is 15.2. The monoisotopic (exact) mass is 342 g/mol. The van der Waals surface area contributed by atoms with E-state index in [2.05, 4.69) is 6.07 Å². The Hall–Kier alpha value is -2.85. The van der Waals surface area contributed by atoms with E-state index >= 15 is 0 Å². The Balaban J connectivity index is 1.66. The molecule has 0 atom stereocenters. The highest BCUT2D eigenvalue weighted by Gasteiger charge is 2.40. The van der Waals surface area contributed by atoms with Crippen molar-refractivity contribution >= 4 is 15.9 Å². The van der Waals surface area contributed by atoms with Crippen LogP contribution >= 0.6 is 0 Å². The van der Waals surface area contributed by atoms with Crippen LogP contribution in [0.2, 0.25) is 0 Å². The van der Waals surface area contributed by atoms with E-state index < -0.39 is 15.9 Å². The van der Waals surface area contributed by atoms with E-state index in [1.54, 1.807) is 36.4 Å². The highest BCUT2D eigenvalue weighted by molar-refractivity contribution is 7.90. The van der Waals surface area contributed by atoms with Crippen molar-refractivity contribution in [1.29, 1.82) is 5.26 Å². The zero-order valence-electron chi connectivity index (χ0n) is 12.7. The van der Waals surface area contributed by atoms with Gasteiger partial charge in [-0.3, -0.25) is 4.79 Å². The van der Waals surface area contributed by atoms with Gasteiger partial charge < -0.3 is 4.74 Å². The predicted octanol–water partition coefficient (Wildman–Crippen LogP) is 1.98. The second-order valence-corrected chi connectivity index (χ2v) is 7.04. The molecular formula is C17H14N2O4S. The lowest BCUT2D eigenvalue weighted by molar-refractivity contribution is 0.0857. The number of hydrogen-bond donors (Lipinski definition) is 0. The van der Waals surface area contributed by atoms with Gasteiger partial charge in [0.05, 0.1) is 24.6 Å². The van der Waals surface area contributed by atoms with Crippen LogP contribution in [0.1, 0.15) is 15.9 Å². The molecule has 0 aromatic heterocycles. The molecule has 0 unspecified atom stereocenters. The number of sulfonamides is 1. The van der Waals surface area contributed by atoms with Gasteiger partial charge in [0.15, 0.2) is 0 Å². The Morgan fingerprint density at radius 1 is 1.08 bits per heavy atom. The topological polar surface area (TPSA) is 87.5 Å². The Morgan fingerprint density at radius 2 is 1.79 bits per heavy atom. The van der Waals surface area contributed by atoms with Crippen molar-refractivity contribution in [1.82, 2.24) is 4.31 Å². The maximum Gasteiger partial charge on any atom is 0.269 e. The fourth-order valence-electron chi connectivity index (χ4n) is 2.49. The smallest absolute Gasteiger partial charge is 0.269 e. The Bertz CT molecular complexity index is 914. The molecule has 0 aliphatic carbocycles. The van der Waals surface area contributed by atoms with Gasteiger partial charge in [-0.25, -0.2) is 12.7 Å². The largest absolute Gasteiger partial charge is 0.492 e. The number of amides is 1. The summed E-state index contributed by atoms with van der Waals surface area (Å²) in [4.78, 5) is 12.3. The second-order valence-electron chi connectivity index (χ2n) is 5.21. The molecule has 0 fully saturated rings. The number of carbonyl (C=O) groups is 1. The molecule has 0 N–H and O–H groups in total. The third-order valence-corrected chi connectivity index (χ3v) is 5.52. The van der Waals surface area contributed by atoms with Gasteiger partial charge in [0.1, 0.15) is 17.3 Å². The molecule has 122 valence electrons. The van der Waals surface area contributed by atoms with Gasteiger partial charge in [0.2, 0.25) is 0 Å². The highest BCUT2D eigenvalue weighted by Crippen LogP contribution is 2.29. The molecule has 6 nitrogen and oxygen atoms in total. The van der Waals surface area contributed by atoms with Crippen LogP contribution in [0.3, 0.4) is 0 Å². The molecule has 7 heteroatoms. The van der Waals surface area contributed by atoms with E-state index in [-0.39, 0.29) is 23.6 Å². The molecule has 24 heavy (non-hydrogen) atoms. The summed E-state index contributed by atoms with van der Waals surface area (Å²) in [6.45, 7) is -0.00759. The van der Waals surface area contributed by atoms with Gasteiger partial charge >= 0.3 is 0 Å². The molecule has 3 rings (SSSR count). The van der Waals surface area contributed by atoms with Crippen LogP contribution < -0.4 is 4.74 Å². The third-order valence-electron chi connectivity index (χ3n) is 3.68. The maximum atomic E-state index is 12.4. The lowest BCUT2D eigenvalue weighted by atomic mass is 10.2. The van der Waals surface area contributed by atoms with E-state index in [4.69, 9.17) is 10.00 Å². The quantitative estimate of drug-likeness (QED) is 0.829. The average Bonchev–Trinajstić information content (AvgIpc) is 2.78. The molecular weight excluding hydrogens is 328 g/mol.